The lowest BCUT2D eigenvalue weighted by molar-refractivity contribution is 0.0292. The summed E-state index contributed by atoms with van der Waals surface area (Å²) in [4.78, 5) is 0. The second-order valence-electron chi connectivity index (χ2n) is 3.96. The quantitative estimate of drug-likeness (QED) is 0.618. The van der Waals surface area contributed by atoms with Gasteiger partial charge in [-0.2, -0.15) is 11.8 Å². The van der Waals surface area contributed by atoms with E-state index in [0.29, 0.717) is 11.0 Å². The second kappa shape index (κ2) is 6.70. The van der Waals surface area contributed by atoms with E-state index in [9.17, 15) is 5.11 Å². The Morgan fingerprint density at radius 1 is 1.47 bits per heavy atom. The maximum Gasteiger partial charge on any atom is 0.0886 e. The number of hydrogen-bond donors (Lipinski definition) is 3. The van der Waals surface area contributed by atoms with Crippen molar-refractivity contribution in [3.63, 3.8) is 0 Å². The summed E-state index contributed by atoms with van der Waals surface area (Å²) >= 11 is 1.64. The Kier molecular flexibility index (Phi) is 5.92. The van der Waals surface area contributed by atoms with Crippen LogP contribution in [0.3, 0.4) is 0 Å². The highest BCUT2D eigenvalue weighted by Gasteiger charge is 2.22. The van der Waals surface area contributed by atoms with E-state index in [1.165, 1.54) is 0 Å². The van der Waals surface area contributed by atoms with Gasteiger partial charge in [0.05, 0.1) is 24.9 Å². The minimum absolute atomic E-state index is 0.213. The van der Waals surface area contributed by atoms with Crippen LogP contribution in [0.1, 0.15) is 13.8 Å². The van der Waals surface area contributed by atoms with E-state index in [4.69, 9.17) is 9.84 Å². The first-order valence-electron chi connectivity index (χ1n) is 5.41. The molecule has 4 unspecified atom stereocenters. The molecule has 0 radical (unpaired) electrons. The molecular weight excluding hydrogens is 214 g/mol. The Balaban J connectivity index is 2.19. The molecule has 0 saturated carbocycles. The van der Waals surface area contributed by atoms with Gasteiger partial charge in [0.1, 0.15) is 0 Å². The minimum atomic E-state index is -0.657. The van der Waals surface area contributed by atoms with E-state index in [2.05, 4.69) is 12.2 Å². The van der Waals surface area contributed by atoms with Crippen LogP contribution in [0.5, 0.6) is 0 Å². The zero-order valence-electron chi connectivity index (χ0n) is 9.35. The summed E-state index contributed by atoms with van der Waals surface area (Å²) in [6.45, 7) is 6.25. The first-order valence-corrected chi connectivity index (χ1v) is 6.46. The molecule has 0 bridgehead atoms. The summed E-state index contributed by atoms with van der Waals surface area (Å²) in [7, 11) is 0. The molecule has 0 spiro atoms. The van der Waals surface area contributed by atoms with E-state index in [1.54, 1.807) is 18.7 Å². The Bertz CT molecular complexity index is 174. The molecule has 1 heterocycles. The molecule has 1 aliphatic rings. The van der Waals surface area contributed by atoms with Crippen molar-refractivity contribution < 1.29 is 14.9 Å². The molecule has 5 heteroatoms. The summed E-state index contributed by atoms with van der Waals surface area (Å²) in [5, 5.41) is 22.2. The van der Waals surface area contributed by atoms with Gasteiger partial charge in [0.15, 0.2) is 0 Å². The molecule has 0 aromatic heterocycles. The highest BCUT2D eigenvalue weighted by atomic mass is 32.2. The minimum Gasteiger partial charge on any atom is -0.391 e. The van der Waals surface area contributed by atoms with Gasteiger partial charge < -0.3 is 20.3 Å². The van der Waals surface area contributed by atoms with Crippen LogP contribution in [0.25, 0.3) is 0 Å². The standard InChI is InChI=1S/C10H21NO3S/c1-7(12)9(13)6-15-8(2)10-5-11-3-4-14-10/h7-13H,3-6H2,1-2H3. The number of nitrogens with one attached hydrogen (secondary N) is 1. The molecule has 0 aliphatic carbocycles. The summed E-state index contributed by atoms with van der Waals surface area (Å²) in [5.41, 5.74) is 0. The van der Waals surface area contributed by atoms with Crippen LogP contribution in [0.2, 0.25) is 0 Å². The molecular formula is C10H21NO3S. The smallest absolute Gasteiger partial charge is 0.0886 e. The monoisotopic (exact) mass is 235 g/mol. The van der Waals surface area contributed by atoms with Crippen LogP contribution in [0.4, 0.5) is 0 Å². The molecule has 4 atom stereocenters. The molecule has 0 aromatic carbocycles. The van der Waals surface area contributed by atoms with Gasteiger partial charge in [-0.1, -0.05) is 6.92 Å². The zero-order valence-corrected chi connectivity index (χ0v) is 10.2. The Labute approximate surface area is 95.4 Å². The van der Waals surface area contributed by atoms with E-state index < -0.39 is 12.2 Å². The molecule has 1 rings (SSSR count). The molecule has 1 saturated heterocycles. The van der Waals surface area contributed by atoms with Crippen molar-refractivity contribution >= 4 is 11.8 Å². The largest absolute Gasteiger partial charge is 0.391 e. The average molecular weight is 235 g/mol. The predicted molar refractivity (Wildman–Crippen MR) is 62.2 cm³/mol. The number of morpholine rings is 1. The van der Waals surface area contributed by atoms with Gasteiger partial charge in [-0.05, 0) is 6.92 Å². The number of thioether (sulfide) groups is 1. The first kappa shape index (κ1) is 13.3. The highest BCUT2D eigenvalue weighted by molar-refractivity contribution is 7.99. The van der Waals surface area contributed by atoms with Crippen molar-refractivity contribution in [2.75, 3.05) is 25.4 Å². The van der Waals surface area contributed by atoms with Gasteiger partial charge in [-0.3, -0.25) is 0 Å². The Morgan fingerprint density at radius 3 is 2.73 bits per heavy atom. The van der Waals surface area contributed by atoms with E-state index in [0.717, 1.165) is 19.7 Å². The second-order valence-corrected chi connectivity index (χ2v) is 5.37. The average Bonchev–Trinajstić information content (AvgIpc) is 2.26. The lowest BCUT2D eigenvalue weighted by Gasteiger charge is -2.29. The van der Waals surface area contributed by atoms with Crippen LogP contribution < -0.4 is 5.32 Å². The fourth-order valence-electron chi connectivity index (χ4n) is 1.38. The van der Waals surface area contributed by atoms with Crippen molar-refractivity contribution in [1.29, 1.82) is 0 Å². The predicted octanol–water partition coefficient (Wildman–Crippen LogP) is -0.162. The third-order valence-corrected chi connectivity index (χ3v) is 3.93. The van der Waals surface area contributed by atoms with Crippen molar-refractivity contribution in [2.24, 2.45) is 0 Å². The normalized spacial score (nSPS) is 28.4. The first-order chi connectivity index (χ1) is 7.11. The number of aliphatic hydroxyl groups excluding tert-OH is 2. The number of hydrogen-bond acceptors (Lipinski definition) is 5. The lowest BCUT2D eigenvalue weighted by atomic mass is 10.2. The number of aliphatic hydroxyl groups is 2. The van der Waals surface area contributed by atoms with Gasteiger partial charge in [-0.25, -0.2) is 0 Å². The highest BCUT2D eigenvalue weighted by Crippen LogP contribution is 2.19. The number of rotatable bonds is 5. The van der Waals surface area contributed by atoms with Gasteiger partial charge in [0.25, 0.3) is 0 Å². The molecule has 3 N–H and O–H groups in total. The van der Waals surface area contributed by atoms with Crippen molar-refractivity contribution in [2.45, 2.75) is 37.4 Å². The third kappa shape index (κ3) is 4.70. The van der Waals surface area contributed by atoms with Crippen LogP contribution >= 0.6 is 11.8 Å². The molecule has 90 valence electrons. The molecule has 1 fully saturated rings. The Hall–Kier alpha value is 0.190. The third-order valence-electron chi connectivity index (χ3n) is 2.57. The van der Waals surface area contributed by atoms with Gasteiger partial charge in [0.2, 0.25) is 0 Å². The number of ether oxygens (including phenoxy) is 1. The van der Waals surface area contributed by atoms with Gasteiger partial charge >= 0.3 is 0 Å². The van der Waals surface area contributed by atoms with E-state index in [-0.39, 0.29) is 6.10 Å². The van der Waals surface area contributed by atoms with Crippen LogP contribution in [-0.2, 0) is 4.74 Å². The van der Waals surface area contributed by atoms with Crippen LogP contribution in [0.15, 0.2) is 0 Å². The topological polar surface area (TPSA) is 61.7 Å². The maximum absolute atomic E-state index is 9.45. The summed E-state index contributed by atoms with van der Waals surface area (Å²) in [5.74, 6) is 0.554. The van der Waals surface area contributed by atoms with Crippen LogP contribution in [0, 0.1) is 0 Å². The Morgan fingerprint density at radius 2 is 2.20 bits per heavy atom. The van der Waals surface area contributed by atoms with Crippen molar-refractivity contribution in [3.8, 4) is 0 Å². The fraction of sp³-hybridized carbons (Fsp3) is 1.00. The zero-order chi connectivity index (χ0) is 11.3. The van der Waals surface area contributed by atoms with E-state index in [1.807, 2.05) is 0 Å². The van der Waals surface area contributed by atoms with Crippen molar-refractivity contribution in [1.82, 2.24) is 5.32 Å². The van der Waals surface area contributed by atoms with E-state index >= 15 is 0 Å². The maximum atomic E-state index is 9.45. The van der Waals surface area contributed by atoms with Gasteiger partial charge in [0, 0.05) is 24.1 Å². The molecule has 4 nitrogen and oxygen atoms in total. The van der Waals surface area contributed by atoms with Crippen molar-refractivity contribution in [3.05, 3.63) is 0 Å². The summed E-state index contributed by atoms with van der Waals surface area (Å²) in [6.07, 6.45) is -1.09. The lowest BCUT2D eigenvalue weighted by Crippen LogP contribution is -2.43. The fourth-order valence-corrected chi connectivity index (χ4v) is 2.55. The summed E-state index contributed by atoms with van der Waals surface area (Å²) in [6, 6.07) is 0. The van der Waals surface area contributed by atoms with Gasteiger partial charge in [-0.15, -0.1) is 0 Å². The molecule has 0 aromatic rings. The molecule has 15 heavy (non-hydrogen) atoms. The summed E-state index contributed by atoms with van der Waals surface area (Å²) < 4.78 is 5.61. The SMILES string of the molecule is CC(O)C(O)CSC(C)C1CNCCO1. The van der Waals surface area contributed by atoms with Crippen LogP contribution in [-0.4, -0.2) is 59.2 Å². The molecule has 0 amide bonds. The molecule has 1 aliphatic heterocycles.